The van der Waals surface area contributed by atoms with Crippen LogP contribution in [0.5, 0.6) is 5.75 Å². The summed E-state index contributed by atoms with van der Waals surface area (Å²) >= 11 is 0. The summed E-state index contributed by atoms with van der Waals surface area (Å²) in [4.78, 5) is 0. The topological polar surface area (TPSA) is 55.5 Å². The lowest BCUT2D eigenvalue weighted by molar-refractivity contribution is 0.206. The lowest BCUT2D eigenvalue weighted by atomic mass is 9.91. The maximum Gasteiger partial charge on any atom is 0.127 e. The highest BCUT2D eigenvalue weighted by molar-refractivity contribution is 5.47. The highest BCUT2D eigenvalue weighted by Crippen LogP contribution is 2.34. The average molecular weight is 193 g/mol. The average Bonchev–Trinajstić information content (AvgIpc) is 2.64. The molecule has 0 amide bonds. The van der Waals surface area contributed by atoms with E-state index in [1.54, 1.807) is 0 Å². The highest BCUT2D eigenvalue weighted by atomic mass is 16.5. The van der Waals surface area contributed by atoms with E-state index in [0.717, 1.165) is 17.7 Å². The Bertz CT molecular complexity index is 347. The Hall–Kier alpha value is -1.06. The fourth-order valence-corrected chi connectivity index (χ4v) is 1.75. The third-order valence-electron chi connectivity index (χ3n) is 2.66. The van der Waals surface area contributed by atoms with E-state index in [9.17, 15) is 5.11 Å². The molecule has 0 saturated heterocycles. The van der Waals surface area contributed by atoms with Gasteiger partial charge in [0.15, 0.2) is 0 Å². The summed E-state index contributed by atoms with van der Waals surface area (Å²) in [5, 5.41) is 9.20. The molecule has 1 aliphatic rings. The highest BCUT2D eigenvalue weighted by Gasteiger charge is 2.27. The van der Waals surface area contributed by atoms with Gasteiger partial charge in [0.25, 0.3) is 0 Å². The summed E-state index contributed by atoms with van der Waals surface area (Å²) in [7, 11) is 0. The van der Waals surface area contributed by atoms with Crippen molar-refractivity contribution >= 4 is 0 Å². The smallest absolute Gasteiger partial charge is 0.127 e. The molecule has 1 aliphatic heterocycles. The number of benzene rings is 1. The first-order valence-corrected chi connectivity index (χ1v) is 4.80. The van der Waals surface area contributed by atoms with Gasteiger partial charge in [-0.2, -0.15) is 0 Å². The van der Waals surface area contributed by atoms with Gasteiger partial charge in [0.1, 0.15) is 5.75 Å². The van der Waals surface area contributed by atoms with Crippen molar-refractivity contribution < 1.29 is 9.84 Å². The number of fused-ring (bicyclic) bond motifs is 1. The molecule has 0 bridgehead atoms. The van der Waals surface area contributed by atoms with Crippen LogP contribution in [0.2, 0.25) is 0 Å². The first-order chi connectivity index (χ1) is 6.65. The second kappa shape index (κ2) is 3.26. The summed E-state index contributed by atoms with van der Waals surface area (Å²) in [5.41, 5.74) is 7.35. The lowest BCUT2D eigenvalue weighted by Crippen LogP contribution is -2.37. The van der Waals surface area contributed by atoms with Gasteiger partial charge in [-0.1, -0.05) is 18.2 Å². The second-order valence-electron chi connectivity index (χ2n) is 3.97. The molecule has 0 saturated carbocycles. The number of rotatable bonds is 2. The van der Waals surface area contributed by atoms with Crippen LogP contribution in [0.3, 0.4) is 0 Å². The molecular weight excluding hydrogens is 178 g/mol. The Morgan fingerprint density at radius 2 is 2.36 bits per heavy atom. The van der Waals surface area contributed by atoms with E-state index in [4.69, 9.17) is 10.5 Å². The Kier molecular flexibility index (Phi) is 2.21. The SMILES string of the molecule is C[C@@](N)(CO)c1cccc2c1OCC2. The quantitative estimate of drug-likeness (QED) is 0.730. The predicted octanol–water partition coefficient (Wildman–Crippen LogP) is 0.788. The van der Waals surface area contributed by atoms with E-state index in [1.165, 1.54) is 5.56 Å². The Balaban J connectivity index is 2.49. The van der Waals surface area contributed by atoms with Gasteiger partial charge in [0.05, 0.1) is 18.8 Å². The van der Waals surface area contributed by atoms with Gasteiger partial charge in [-0.25, -0.2) is 0 Å². The van der Waals surface area contributed by atoms with E-state index < -0.39 is 5.54 Å². The maximum atomic E-state index is 9.20. The fraction of sp³-hybridized carbons (Fsp3) is 0.455. The van der Waals surface area contributed by atoms with Gasteiger partial charge in [-0.05, 0) is 12.5 Å². The van der Waals surface area contributed by atoms with Crippen molar-refractivity contribution in [1.29, 1.82) is 0 Å². The number of hydrogen-bond acceptors (Lipinski definition) is 3. The summed E-state index contributed by atoms with van der Waals surface area (Å²) < 4.78 is 5.53. The van der Waals surface area contributed by atoms with Crippen molar-refractivity contribution in [2.24, 2.45) is 5.73 Å². The first kappa shape index (κ1) is 9.49. The number of nitrogens with two attached hydrogens (primary N) is 1. The van der Waals surface area contributed by atoms with E-state index in [2.05, 4.69) is 0 Å². The Morgan fingerprint density at radius 1 is 1.57 bits per heavy atom. The number of aliphatic hydroxyl groups is 1. The van der Waals surface area contributed by atoms with E-state index in [-0.39, 0.29) is 6.61 Å². The van der Waals surface area contributed by atoms with E-state index >= 15 is 0 Å². The Labute approximate surface area is 83.5 Å². The molecule has 0 unspecified atom stereocenters. The number of ether oxygens (including phenoxy) is 1. The van der Waals surface area contributed by atoms with Crippen LogP contribution in [0.1, 0.15) is 18.1 Å². The molecule has 0 fully saturated rings. The summed E-state index contributed by atoms with van der Waals surface area (Å²) in [6.07, 6.45) is 0.935. The van der Waals surface area contributed by atoms with Crippen molar-refractivity contribution in [3.8, 4) is 5.75 Å². The lowest BCUT2D eigenvalue weighted by Gasteiger charge is -2.24. The van der Waals surface area contributed by atoms with Gasteiger partial charge >= 0.3 is 0 Å². The molecule has 1 aromatic rings. The molecule has 14 heavy (non-hydrogen) atoms. The standard InChI is InChI=1S/C11H15NO2/c1-11(12,7-13)9-4-2-3-8-5-6-14-10(8)9/h2-4,13H,5-7,12H2,1H3/t11-/m1/s1. The van der Waals surface area contributed by atoms with Crippen molar-refractivity contribution in [2.75, 3.05) is 13.2 Å². The molecule has 3 nitrogen and oxygen atoms in total. The summed E-state index contributed by atoms with van der Waals surface area (Å²) in [6.45, 7) is 2.45. The van der Waals surface area contributed by atoms with Gasteiger partial charge in [-0.3, -0.25) is 0 Å². The van der Waals surface area contributed by atoms with Crippen LogP contribution < -0.4 is 10.5 Å². The van der Waals surface area contributed by atoms with Crippen LogP contribution in [0.25, 0.3) is 0 Å². The minimum atomic E-state index is -0.713. The minimum absolute atomic E-state index is 0.0766. The number of para-hydroxylation sites is 1. The van der Waals surface area contributed by atoms with Crippen LogP contribution >= 0.6 is 0 Å². The third kappa shape index (κ3) is 1.38. The molecule has 0 aliphatic carbocycles. The largest absolute Gasteiger partial charge is 0.493 e. The molecule has 3 heteroatoms. The first-order valence-electron chi connectivity index (χ1n) is 4.80. The van der Waals surface area contributed by atoms with Gasteiger partial charge in [0, 0.05) is 12.0 Å². The molecule has 1 heterocycles. The van der Waals surface area contributed by atoms with E-state index in [1.807, 2.05) is 25.1 Å². The summed E-state index contributed by atoms with van der Waals surface area (Å²) in [5.74, 6) is 0.867. The van der Waals surface area contributed by atoms with Gasteiger partial charge in [-0.15, -0.1) is 0 Å². The number of hydrogen-bond donors (Lipinski definition) is 2. The van der Waals surface area contributed by atoms with Crippen molar-refractivity contribution in [2.45, 2.75) is 18.9 Å². The van der Waals surface area contributed by atoms with Crippen LogP contribution in [-0.2, 0) is 12.0 Å². The molecule has 0 spiro atoms. The molecule has 3 N–H and O–H groups in total. The number of aliphatic hydroxyl groups excluding tert-OH is 1. The monoisotopic (exact) mass is 193 g/mol. The van der Waals surface area contributed by atoms with Gasteiger partial charge in [0.2, 0.25) is 0 Å². The molecule has 0 aromatic heterocycles. The minimum Gasteiger partial charge on any atom is -0.493 e. The third-order valence-corrected chi connectivity index (χ3v) is 2.66. The molecule has 1 atom stereocenters. The van der Waals surface area contributed by atoms with Crippen LogP contribution in [0.15, 0.2) is 18.2 Å². The second-order valence-corrected chi connectivity index (χ2v) is 3.97. The van der Waals surface area contributed by atoms with E-state index in [0.29, 0.717) is 6.61 Å². The maximum absolute atomic E-state index is 9.20. The molecule has 1 aromatic carbocycles. The zero-order valence-electron chi connectivity index (χ0n) is 8.29. The Morgan fingerprint density at radius 3 is 3.07 bits per heavy atom. The van der Waals surface area contributed by atoms with Crippen molar-refractivity contribution in [1.82, 2.24) is 0 Å². The van der Waals surface area contributed by atoms with Crippen molar-refractivity contribution in [3.05, 3.63) is 29.3 Å². The molecule has 0 radical (unpaired) electrons. The molecular formula is C11H15NO2. The zero-order chi connectivity index (χ0) is 10.2. The van der Waals surface area contributed by atoms with Gasteiger partial charge < -0.3 is 15.6 Å². The van der Waals surface area contributed by atoms with Crippen molar-refractivity contribution in [3.63, 3.8) is 0 Å². The zero-order valence-corrected chi connectivity index (χ0v) is 8.29. The fourth-order valence-electron chi connectivity index (χ4n) is 1.75. The molecule has 2 rings (SSSR count). The molecule has 76 valence electrons. The predicted molar refractivity (Wildman–Crippen MR) is 54.3 cm³/mol. The van der Waals surface area contributed by atoms with Crippen LogP contribution in [-0.4, -0.2) is 18.3 Å². The normalized spacial score (nSPS) is 18.5. The van der Waals surface area contributed by atoms with Crippen LogP contribution in [0.4, 0.5) is 0 Å². The van der Waals surface area contributed by atoms with Crippen LogP contribution in [0, 0.1) is 0 Å². The summed E-state index contributed by atoms with van der Waals surface area (Å²) in [6, 6.07) is 5.92.